The average Bonchev–Trinajstić information content (AvgIpc) is 3.55. The lowest BCUT2D eigenvalue weighted by Gasteiger charge is -2.34. The molecule has 7 heteroatoms. The number of ether oxygens (including phenoxy) is 2. The highest BCUT2D eigenvalue weighted by atomic mass is 16.5. The summed E-state index contributed by atoms with van der Waals surface area (Å²) in [6.45, 7) is 4.05. The van der Waals surface area contributed by atoms with Crippen molar-refractivity contribution in [2.45, 2.75) is 71.2 Å². The molecule has 1 aliphatic carbocycles. The molecule has 0 aromatic heterocycles. The van der Waals surface area contributed by atoms with Gasteiger partial charge in [0.1, 0.15) is 30.8 Å². The number of likely N-dealkylation sites (tertiary alicyclic amines) is 1. The molecule has 1 aliphatic heterocycles. The van der Waals surface area contributed by atoms with E-state index >= 15 is 0 Å². The molecule has 0 radical (unpaired) electrons. The average molecular weight is 605 g/mol. The van der Waals surface area contributed by atoms with Crippen molar-refractivity contribution in [3.63, 3.8) is 0 Å². The molecule has 1 fully saturated rings. The van der Waals surface area contributed by atoms with Gasteiger partial charge in [0.2, 0.25) is 5.91 Å². The molecule has 1 atom stereocenters. The summed E-state index contributed by atoms with van der Waals surface area (Å²) >= 11 is 0. The van der Waals surface area contributed by atoms with Crippen molar-refractivity contribution < 1.29 is 24.2 Å². The standard InChI is InChI=1S/C38H40N2O5/c1-25-29(14-8-15-30(25)27-11-3-2-4-12-27)24-45-35-21-36(44-23-26-10-7-13-28(20-26)37(39)41)33(31-16-9-17-32(31)35)22-40-19-6-5-18-34(40)38(42)43/h2-4,7-8,10-15,20-21,34H,5-6,9,16-19,22-24H2,1H3,(H2,39,41)(H,42,43)/t34-/m0/s1. The van der Waals surface area contributed by atoms with E-state index < -0.39 is 17.9 Å². The first-order valence-electron chi connectivity index (χ1n) is 15.8. The minimum Gasteiger partial charge on any atom is -0.488 e. The quantitative estimate of drug-likeness (QED) is 0.194. The van der Waals surface area contributed by atoms with E-state index in [4.69, 9.17) is 15.2 Å². The molecule has 6 rings (SSSR count). The van der Waals surface area contributed by atoms with Gasteiger partial charge in [-0.25, -0.2) is 0 Å². The zero-order valence-corrected chi connectivity index (χ0v) is 25.8. The van der Waals surface area contributed by atoms with Crippen LogP contribution < -0.4 is 15.2 Å². The van der Waals surface area contributed by atoms with Gasteiger partial charge in [-0.2, -0.15) is 0 Å². The first-order chi connectivity index (χ1) is 21.9. The first kappa shape index (κ1) is 30.4. The van der Waals surface area contributed by atoms with Gasteiger partial charge >= 0.3 is 5.97 Å². The van der Waals surface area contributed by atoms with Crippen LogP contribution in [0.1, 0.15) is 69.4 Å². The minimum absolute atomic E-state index is 0.243. The molecule has 0 spiro atoms. The van der Waals surface area contributed by atoms with Crippen molar-refractivity contribution in [2.24, 2.45) is 5.73 Å². The van der Waals surface area contributed by atoms with E-state index in [0.29, 0.717) is 30.9 Å². The van der Waals surface area contributed by atoms with E-state index in [0.717, 1.165) is 61.1 Å². The van der Waals surface area contributed by atoms with Gasteiger partial charge in [-0.15, -0.1) is 0 Å². The molecule has 3 N–H and O–H groups in total. The fourth-order valence-electron chi connectivity index (χ4n) is 6.79. The number of carboxylic acids is 1. The third-order valence-corrected chi connectivity index (χ3v) is 9.22. The van der Waals surface area contributed by atoms with Crippen LogP contribution in [0, 0.1) is 6.92 Å². The first-order valence-corrected chi connectivity index (χ1v) is 15.8. The number of carbonyl (C=O) groups is 2. The fraction of sp³-hybridized carbons (Fsp3) is 0.316. The van der Waals surface area contributed by atoms with E-state index in [1.807, 2.05) is 18.2 Å². The SMILES string of the molecule is Cc1c(COc2cc(OCc3cccc(C(N)=O)c3)c(CN3CCCC[C@H]3C(=O)O)c3c2CCC3)cccc1-c1ccccc1. The van der Waals surface area contributed by atoms with Gasteiger partial charge in [0.15, 0.2) is 0 Å². The van der Waals surface area contributed by atoms with Gasteiger partial charge < -0.3 is 20.3 Å². The van der Waals surface area contributed by atoms with Gasteiger partial charge in [0.25, 0.3) is 0 Å². The Balaban J connectivity index is 1.33. The number of benzene rings is 4. The number of hydrogen-bond donors (Lipinski definition) is 2. The van der Waals surface area contributed by atoms with Gasteiger partial charge in [-0.05, 0) is 96.6 Å². The van der Waals surface area contributed by atoms with E-state index in [9.17, 15) is 14.7 Å². The van der Waals surface area contributed by atoms with Crippen molar-refractivity contribution in [1.29, 1.82) is 0 Å². The number of hydrogen-bond acceptors (Lipinski definition) is 5. The predicted octanol–water partition coefficient (Wildman–Crippen LogP) is 6.85. The lowest BCUT2D eigenvalue weighted by atomic mass is 9.96. The Morgan fingerprint density at radius 2 is 1.64 bits per heavy atom. The second-order valence-corrected chi connectivity index (χ2v) is 12.1. The van der Waals surface area contributed by atoms with E-state index in [1.165, 1.54) is 27.8 Å². The Morgan fingerprint density at radius 1 is 0.867 bits per heavy atom. The van der Waals surface area contributed by atoms with Gasteiger partial charge in [-0.3, -0.25) is 14.5 Å². The number of carboxylic acid groups (broad SMARTS) is 1. The zero-order valence-electron chi connectivity index (χ0n) is 25.8. The Hall–Kier alpha value is -4.62. The van der Waals surface area contributed by atoms with Crippen LogP contribution in [0.2, 0.25) is 0 Å². The Labute approximate surface area is 264 Å². The molecule has 45 heavy (non-hydrogen) atoms. The number of aliphatic carboxylic acids is 1. The molecule has 1 heterocycles. The smallest absolute Gasteiger partial charge is 0.320 e. The van der Waals surface area contributed by atoms with Crippen LogP contribution in [0.5, 0.6) is 11.5 Å². The second-order valence-electron chi connectivity index (χ2n) is 12.1. The van der Waals surface area contributed by atoms with Crippen LogP contribution in [0.3, 0.4) is 0 Å². The van der Waals surface area contributed by atoms with Crippen LogP contribution in [0.15, 0.2) is 78.9 Å². The van der Waals surface area contributed by atoms with E-state index in [1.54, 1.807) is 18.2 Å². The van der Waals surface area contributed by atoms with Crippen molar-refractivity contribution in [1.82, 2.24) is 4.90 Å². The maximum atomic E-state index is 12.2. The Bertz CT molecular complexity index is 1700. The maximum Gasteiger partial charge on any atom is 0.320 e. The summed E-state index contributed by atoms with van der Waals surface area (Å²) in [4.78, 5) is 26.0. The zero-order chi connectivity index (χ0) is 31.3. The molecule has 2 aliphatic rings. The molecule has 1 saturated heterocycles. The highest BCUT2D eigenvalue weighted by Crippen LogP contribution is 2.41. The van der Waals surface area contributed by atoms with Crippen molar-refractivity contribution in [3.05, 3.63) is 118 Å². The van der Waals surface area contributed by atoms with Crippen molar-refractivity contribution in [3.8, 4) is 22.6 Å². The molecule has 1 amide bonds. The van der Waals surface area contributed by atoms with Gasteiger partial charge in [-0.1, -0.05) is 67.1 Å². The fourth-order valence-corrected chi connectivity index (χ4v) is 6.79. The normalized spacial score (nSPS) is 16.2. The number of nitrogens with two attached hydrogens (primary N) is 1. The van der Waals surface area contributed by atoms with Gasteiger partial charge in [0, 0.05) is 23.7 Å². The molecular formula is C38H40N2O5. The summed E-state index contributed by atoms with van der Waals surface area (Å²) in [6.07, 6.45) is 5.35. The second kappa shape index (κ2) is 13.6. The van der Waals surface area contributed by atoms with Crippen LogP contribution in [-0.4, -0.2) is 34.5 Å². The summed E-state index contributed by atoms with van der Waals surface area (Å²) in [5, 5.41) is 9.98. The molecule has 0 saturated carbocycles. The van der Waals surface area contributed by atoms with Crippen molar-refractivity contribution in [2.75, 3.05) is 6.54 Å². The lowest BCUT2D eigenvalue weighted by molar-refractivity contribution is -0.144. The summed E-state index contributed by atoms with van der Waals surface area (Å²) in [6, 6.07) is 25.3. The molecule has 7 nitrogen and oxygen atoms in total. The number of carbonyl (C=O) groups excluding carboxylic acids is 1. The molecule has 4 aromatic carbocycles. The van der Waals surface area contributed by atoms with E-state index in [2.05, 4.69) is 54.3 Å². The highest BCUT2D eigenvalue weighted by molar-refractivity contribution is 5.92. The Kier molecular flexibility index (Phi) is 9.17. The topological polar surface area (TPSA) is 102 Å². The van der Waals surface area contributed by atoms with Crippen LogP contribution in [0.4, 0.5) is 0 Å². The minimum atomic E-state index is -0.773. The third-order valence-electron chi connectivity index (χ3n) is 9.22. The molecule has 4 aromatic rings. The summed E-state index contributed by atoms with van der Waals surface area (Å²) in [5.41, 5.74) is 14.9. The summed E-state index contributed by atoms with van der Waals surface area (Å²) < 4.78 is 13.1. The van der Waals surface area contributed by atoms with Gasteiger partial charge in [0.05, 0.1) is 0 Å². The third kappa shape index (κ3) is 6.74. The lowest BCUT2D eigenvalue weighted by Crippen LogP contribution is -2.44. The number of nitrogens with zero attached hydrogens (tertiary/aromatic N) is 1. The number of rotatable bonds is 11. The largest absolute Gasteiger partial charge is 0.488 e. The predicted molar refractivity (Wildman–Crippen MR) is 174 cm³/mol. The van der Waals surface area contributed by atoms with E-state index in [-0.39, 0.29) is 6.61 Å². The number of primary amides is 1. The number of amides is 1. The summed E-state index contributed by atoms with van der Waals surface area (Å²) in [7, 11) is 0. The van der Waals surface area contributed by atoms with Crippen LogP contribution in [-0.2, 0) is 37.4 Å². The molecular weight excluding hydrogens is 564 g/mol. The molecule has 232 valence electrons. The van der Waals surface area contributed by atoms with Crippen LogP contribution in [0.25, 0.3) is 11.1 Å². The highest BCUT2D eigenvalue weighted by Gasteiger charge is 2.32. The van der Waals surface area contributed by atoms with Crippen LogP contribution >= 0.6 is 0 Å². The Morgan fingerprint density at radius 3 is 2.44 bits per heavy atom. The van der Waals surface area contributed by atoms with Crippen molar-refractivity contribution >= 4 is 11.9 Å². The molecule has 0 unspecified atom stereocenters. The monoisotopic (exact) mass is 604 g/mol. The summed E-state index contributed by atoms with van der Waals surface area (Å²) in [5.74, 6) is 0.247. The number of fused-ring (bicyclic) bond motifs is 1. The number of piperidine rings is 1. The molecule has 0 bridgehead atoms. The maximum absolute atomic E-state index is 12.2.